The first-order chi connectivity index (χ1) is 18.6. The minimum Gasteiger partial charge on any atom is -0.378 e. The third kappa shape index (κ3) is 5.07. The Bertz CT molecular complexity index is 1460. The van der Waals surface area contributed by atoms with Crippen LogP contribution in [0.2, 0.25) is 5.02 Å². The molecule has 7 nitrogen and oxygen atoms in total. The fraction of sp³-hybridized carbons (Fsp3) is 0.433. The highest BCUT2D eigenvalue weighted by Crippen LogP contribution is 2.54. The molecule has 9 heteroatoms. The highest BCUT2D eigenvalue weighted by atomic mass is 35.5. The first-order valence-electron chi connectivity index (χ1n) is 13.3. The lowest BCUT2D eigenvalue weighted by Crippen LogP contribution is -2.42. The highest BCUT2D eigenvalue weighted by Gasteiger charge is 2.50. The van der Waals surface area contributed by atoms with Crippen LogP contribution in [-0.4, -0.2) is 41.9 Å². The topological polar surface area (TPSA) is 100 Å². The Morgan fingerprint density at radius 2 is 1.74 bits per heavy atom. The third-order valence-electron chi connectivity index (χ3n) is 8.59. The van der Waals surface area contributed by atoms with Crippen molar-refractivity contribution in [2.24, 2.45) is 18.9 Å². The molecule has 2 unspecified atom stereocenters. The van der Waals surface area contributed by atoms with E-state index in [9.17, 15) is 19.4 Å². The van der Waals surface area contributed by atoms with Gasteiger partial charge in [-0.1, -0.05) is 29.5 Å². The standard InChI is InChI=1S/C30H30ClFN4O3/c1-36-17-34-26(27(36)28(37)35-22-5-6-24(32)23(31)12-22)18-10-19-13-29(38,14-20(19)11-18)7-8-30(39)15-21(16-30)25-4-2-3-9-33-25/h2-6,9,12,17-21,38-39H,10-11,13-16H2,1H3,(H,35,37). The summed E-state index contributed by atoms with van der Waals surface area (Å²) < 4.78 is 15.2. The van der Waals surface area contributed by atoms with Crippen LogP contribution in [0.4, 0.5) is 10.1 Å². The second-order valence-corrected chi connectivity index (χ2v) is 11.8. The van der Waals surface area contributed by atoms with E-state index in [0.717, 1.165) is 24.2 Å². The van der Waals surface area contributed by atoms with Crippen LogP contribution < -0.4 is 5.32 Å². The summed E-state index contributed by atoms with van der Waals surface area (Å²) in [4.78, 5) is 22.1. The van der Waals surface area contributed by atoms with Crippen LogP contribution in [0.25, 0.3) is 0 Å². The molecule has 202 valence electrons. The monoisotopic (exact) mass is 548 g/mol. The van der Waals surface area contributed by atoms with Crippen LogP contribution in [0, 0.1) is 29.5 Å². The van der Waals surface area contributed by atoms with E-state index in [2.05, 4.69) is 27.1 Å². The molecule has 2 aromatic heterocycles. The number of rotatable bonds is 4. The Morgan fingerprint density at radius 1 is 1.05 bits per heavy atom. The van der Waals surface area contributed by atoms with E-state index < -0.39 is 17.0 Å². The predicted molar refractivity (Wildman–Crippen MR) is 145 cm³/mol. The van der Waals surface area contributed by atoms with Gasteiger partial charge in [-0.25, -0.2) is 9.37 Å². The molecule has 3 N–H and O–H groups in total. The van der Waals surface area contributed by atoms with Gasteiger partial charge >= 0.3 is 0 Å². The SMILES string of the molecule is Cn1cnc(C2CC3CC(O)(C#CC4(O)CC(c5ccccn5)C4)CC3C2)c1C(=O)Nc1ccc(F)c(Cl)c1. The fourth-order valence-electron chi connectivity index (χ4n) is 6.69. The zero-order valence-electron chi connectivity index (χ0n) is 21.6. The summed E-state index contributed by atoms with van der Waals surface area (Å²) in [6, 6.07) is 9.85. The van der Waals surface area contributed by atoms with Gasteiger partial charge in [-0.3, -0.25) is 9.78 Å². The molecular weight excluding hydrogens is 519 g/mol. The second kappa shape index (κ2) is 9.74. The minimum absolute atomic E-state index is 0.0605. The number of carbonyl (C=O) groups excluding carboxylic acids is 1. The molecule has 1 aromatic carbocycles. The van der Waals surface area contributed by atoms with E-state index in [4.69, 9.17) is 11.6 Å². The maximum Gasteiger partial charge on any atom is 0.274 e. The summed E-state index contributed by atoms with van der Waals surface area (Å²) in [5, 5.41) is 24.8. The Labute approximate surface area is 231 Å². The molecule has 6 rings (SSSR count). The summed E-state index contributed by atoms with van der Waals surface area (Å²) in [5.74, 6) is 5.96. The van der Waals surface area contributed by atoms with Gasteiger partial charge in [0.2, 0.25) is 0 Å². The number of imidazole rings is 1. The van der Waals surface area contributed by atoms with Crippen molar-refractivity contribution in [3.05, 3.63) is 76.8 Å². The Hall–Kier alpha value is -3.25. The average Bonchev–Trinajstić information content (AvgIpc) is 3.55. The Balaban J connectivity index is 1.10. The quantitative estimate of drug-likeness (QED) is 0.406. The number of hydrogen-bond donors (Lipinski definition) is 3. The normalized spacial score (nSPS) is 31.2. The van der Waals surface area contributed by atoms with Crippen molar-refractivity contribution in [1.82, 2.24) is 14.5 Å². The number of amides is 1. The number of fused-ring (bicyclic) bond motifs is 1. The number of carbonyl (C=O) groups is 1. The molecule has 39 heavy (non-hydrogen) atoms. The smallest absolute Gasteiger partial charge is 0.274 e. The highest BCUT2D eigenvalue weighted by molar-refractivity contribution is 6.31. The second-order valence-electron chi connectivity index (χ2n) is 11.4. The third-order valence-corrected chi connectivity index (χ3v) is 8.88. The number of pyridine rings is 1. The van der Waals surface area contributed by atoms with Crippen molar-refractivity contribution >= 4 is 23.2 Å². The van der Waals surface area contributed by atoms with Gasteiger partial charge in [0.05, 0.1) is 17.0 Å². The van der Waals surface area contributed by atoms with Gasteiger partial charge in [-0.05, 0) is 80.7 Å². The zero-order valence-corrected chi connectivity index (χ0v) is 22.3. The maximum absolute atomic E-state index is 13.5. The van der Waals surface area contributed by atoms with Gasteiger partial charge < -0.3 is 20.1 Å². The van der Waals surface area contributed by atoms with E-state index in [-0.39, 0.29) is 34.6 Å². The molecule has 3 aliphatic rings. The maximum atomic E-state index is 13.5. The van der Waals surface area contributed by atoms with E-state index in [1.54, 1.807) is 24.1 Å². The first-order valence-corrected chi connectivity index (χ1v) is 13.7. The molecule has 0 spiro atoms. The van der Waals surface area contributed by atoms with Crippen LogP contribution in [0.15, 0.2) is 48.9 Å². The van der Waals surface area contributed by atoms with Crippen LogP contribution in [0.5, 0.6) is 0 Å². The van der Waals surface area contributed by atoms with E-state index in [1.807, 2.05) is 18.2 Å². The lowest BCUT2D eigenvalue weighted by molar-refractivity contribution is 0.00352. The minimum atomic E-state index is -1.11. The molecule has 3 aromatic rings. The molecule has 0 bridgehead atoms. The number of benzene rings is 1. The zero-order chi connectivity index (χ0) is 27.4. The number of halogens is 2. The van der Waals surface area contributed by atoms with Crippen molar-refractivity contribution in [1.29, 1.82) is 0 Å². The van der Waals surface area contributed by atoms with Crippen LogP contribution >= 0.6 is 11.6 Å². The number of aromatic nitrogens is 3. The van der Waals surface area contributed by atoms with Crippen molar-refractivity contribution in [3.63, 3.8) is 0 Å². The van der Waals surface area contributed by atoms with E-state index in [0.29, 0.717) is 37.1 Å². The lowest BCUT2D eigenvalue weighted by Gasteiger charge is -2.39. The molecule has 2 heterocycles. The summed E-state index contributed by atoms with van der Waals surface area (Å²) >= 11 is 5.87. The van der Waals surface area contributed by atoms with E-state index >= 15 is 0 Å². The number of nitrogens with zero attached hydrogens (tertiary/aromatic N) is 3. The van der Waals surface area contributed by atoms with Gasteiger partial charge in [0, 0.05) is 36.5 Å². The van der Waals surface area contributed by atoms with Crippen molar-refractivity contribution in [2.45, 2.75) is 61.6 Å². The van der Waals surface area contributed by atoms with Crippen molar-refractivity contribution in [3.8, 4) is 11.8 Å². The fourth-order valence-corrected chi connectivity index (χ4v) is 6.87. The van der Waals surface area contributed by atoms with Gasteiger partial charge in [0.15, 0.2) is 0 Å². The number of anilines is 1. The van der Waals surface area contributed by atoms with Gasteiger partial charge in [-0.2, -0.15) is 0 Å². The van der Waals surface area contributed by atoms with Crippen LogP contribution in [-0.2, 0) is 7.05 Å². The summed E-state index contributed by atoms with van der Waals surface area (Å²) in [5.41, 5.74) is 0.376. The van der Waals surface area contributed by atoms with Crippen LogP contribution in [0.3, 0.4) is 0 Å². The van der Waals surface area contributed by atoms with Crippen LogP contribution in [0.1, 0.15) is 72.2 Å². The molecule has 3 aliphatic carbocycles. The summed E-state index contributed by atoms with van der Waals surface area (Å²) in [7, 11) is 1.77. The number of nitrogens with one attached hydrogen (secondary N) is 1. The summed E-state index contributed by atoms with van der Waals surface area (Å²) in [6.07, 6.45) is 7.14. The average molecular weight is 549 g/mol. The molecule has 3 saturated carbocycles. The molecule has 1 amide bonds. The Kier molecular flexibility index (Phi) is 6.49. The lowest BCUT2D eigenvalue weighted by atomic mass is 9.69. The number of aliphatic hydroxyl groups is 2. The number of aryl methyl sites for hydroxylation is 1. The van der Waals surface area contributed by atoms with Crippen molar-refractivity contribution in [2.75, 3.05) is 5.32 Å². The van der Waals surface area contributed by atoms with E-state index in [1.165, 1.54) is 18.2 Å². The Morgan fingerprint density at radius 3 is 2.38 bits per heavy atom. The molecule has 2 atom stereocenters. The summed E-state index contributed by atoms with van der Waals surface area (Å²) in [6.45, 7) is 0. The van der Waals surface area contributed by atoms with Crippen molar-refractivity contribution < 1.29 is 19.4 Å². The first kappa shape index (κ1) is 26.0. The largest absolute Gasteiger partial charge is 0.378 e. The molecule has 0 radical (unpaired) electrons. The number of hydrogen-bond acceptors (Lipinski definition) is 5. The molecular formula is C30H30ClFN4O3. The molecule has 0 aliphatic heterocycles. The van der Waals surface area contributed by atoms with Gasteiger partial charge in [0.1, 0.15) is 22.7 Å². The van der Waals surface area contributed by atoms with Gasteiger partial charge in [-0.15, -0.1) is 0 Å². The van der Waals surface area contributed by atoms with Gasteiger partial charge in [0.25, 0.3) is 5.91 Å². The molecule has 3 fully saturated rings. The molecule has 0 saturated heterocycles. The predicted octanol–water partition coefficient (Wildman–Crippen LogP) is 4.81.